The van der Waals surface area contributed by atoms with Gasteiger partial charge in [0, 0.05) is 5.41 Å². The maximum Gasteiger partial charge on any atom is 0.0625 e. The van der Waals surface area contributed by atoms with Crippen molar-refractivity contribution in [2.24, 2.45) is 68.5 Å². The van der Waals surface area contributed by atoms with Crippen LogP contribution in [0, 0.1) is 68.5 Å². The normalized spacial score (nSPS) is 61.7. The smallest absolute Gasteiger partial charge is 0.0625 e. The molecule has 0 heterocycles. The maximum atomic E-state index is 11.8. The van der Waals surface area contributed by atoms with Gasteiger partial charge in [-0.25, -0.2) is 0 Å². The van der Waals surface area contributed by atoms with E-state index in [4.69, 9.17) is 0 Å². The van der Waals surface area contributed by atoms with E-state index < -0.39 is 0 Å². The summed E-state index contributed by atoms with van der Waals surface area (Å²) in [5.74, 6) is 5.30. The minimum absolute atomic E-state index is 0.0777. The fraction of sp³-hybridized carbons (Fsp3) is 1.00. The van der Waals surface area contributed by atoms with Crippen LogP contribution in [0.3, 0.4) is 0 Å². The minimum atomic E-state index is -0.132. The van der Waals surface area contributed by atoms with Gasteiger partial charge in [-0.1, -0.05) is 62.3 Å². The molecule has 5 fully saturated rings. The maximum absolute atomic E-state index is 11.8. The second-order valence-corrected chi connectivity index (χ2v) is 15.7. The van der Waals surface area contributed by atoms with Crippen LogP contribution < -0.4 is 0 Å². The van der Waals surface area contributed by atoms with Crippen molar-refractivity contribution in [1.29, 1.82) is 0 Å². The molecule has 2 unspecified atom stereocenters. The van der Waals surface area contributed by atoms with Crippen molar-refractivity contribution >= 4 is 0 Å². The molecule has 5 aliphatic rings. The molecule has 0 aromatic carbocycles. The molecule has 0 aromatic rings. The van der Waals surface area contributed by atoms with E-state index in [1.807, 2.05) is 0 Å². The molecule has 0 amide bonds. The molecule has 12 atom stereocenters. The number of aliphatic hydroxyl groups excluding tert-OH is 1. The Labute approximate surface area is 199 Å². The van der Waals surface area contributed by atoms with Gasteiger partial charge in [-0.15, -0.1) is 0 Å². The molecular weight excluding hydrogens is 388 g/mol. The van der Waals surface area contributed by atoms with Crippen molar-refractivity contribution in [3.8, 4) is 0 Å². The van der Waals surface area contributed by atoms with Crippen molar-refractivity contribution in [1.82, 2.24) is 0 Å². The standard InChI is InChI=1S/C31H54O/c1-19-12-14-28(6)16-17-29(7)22(25(28)21(19)3)10-11-24-30(29,8)15-13-23-27(4,5)18-20(2)26(32)31(23,24)9/h19-26,32H,10-18H2,1-9H3/t19-,20?,21+,22-,23+,24+,25+,26?,28-,29-,30-,31+/m1/s1. The molecule has 0 saturated heterocycles. The molecule has 5 rings (SSSR count). The molecule has 5 saturated carbocycles. The van der Waals surface area contributed by atoms with E-state index in [1.165, 1.54) is 57.8 Å². The zero-order valence-electron chi connectivity index (χ0n) is 22.9. The van der Waals surface area contributed by atoms with E-state index in [2.05, 4.69) is 62.3 Å². The summed E-state index contributed by atoms with van der Waals surface area (Å²) in [5.41, 5.74) is 1.81. The molecule has 5 aliphatic carbocycles. The average Bonchev–Trinajstić information content (AvgIpc) is 2.70. The van der Waals surface area contributed by atoms with Crippen LogP contribution >= 0.6 is 0 Å². The van der Waals surface area contributed by atoms with Crippen LogP contribution in [-0.4, -0.2) is 11.2 Å². The lowest BCUT2D eigenvalue weighted by Crippen LogP contribution is -2.69. The van der Waals surface area contributed by atoms with Crippen molar-refractivity contribution < 1.29 is 5.11 Å². The Hall–Kier alpha value is -0.0400. The first-order valence-corrected chi connectivity index (χ1v) is 14.4. The number of fused-ring (bicyclic) bond motifs is 7. The molecule has 1 N–H and O–H groups in total. The summed E-state index contributed by atoms with van der Waals surface area (Å²) >= 11 is 0. The highest BCUT2D eigenvalue weighted by Gasteiger charge is 2.71. The summed E-state index contributed by atoms with van der Waals surface area (Å²) in [6, 6.07) is 0. The largest absolute Gasteiger partial charge is 0.392 e. The van der Waals surface area contributed by atoms with Crippen molar-refractivity contribution in [3.05, 3.63) is 0 Å². The highest BCUT2D eigenvalue weighted by atomic mass is 16.3. The van der Waals surface area contributed by atoms with Crippen LogP contribution in [0.4, 0.5) is 0 Å². The second kappa shape index (κ2) is 7.01. The quantitative estimate of drug-likeness (QED) is 0.399. The van der Waals surface area contributed by atoms with Gasteiger partial charge in [-0.2, -0.15) is 0 Å². The summed E-state index contributed by atoms with van der Waals surface area (Å²) in [7, 11) is 0. The molecular formula is C31H54O. The van der Waals surface area contributed by atoms with Gasteiger partial charge in [0.15, 0.2) is 0 Å². The predicted molar refractivity (Wildman–Crippen MR) is 135 cm³/mol. The fourth-order valence-corrected chi connectivity index (χ4v) is 12.3. The van der Waals surface area contributed by atoms with Crippen LogP contribution in [0.1, 0.15) is 120 Å². The topological polar surface area (TPSA) is 20.2 Å². The fourth-order valence-electron chi connectivity index (χ4n) is 12.3. The van der Waals surface area contributed by atoms with Crippen LogP contribution in [0.2, 0.25) is 0 Å². The van der Waals surface area contributed by atoms with Crippen LogP contribution in [0.25, 0.3) is 0 Å². The van der Waals surface area contributed by atoms with E-state index in [-0.39, 0.29) is 11.5 Å². The Morgan fingerprint density at radius 3 is 2.03 bits per heavy atom. The van der Waals surface area contributed by atoms with Crippen molar-refractivity contribution in [2.45, 2.75) is 126 Å². The van der Waals surface area contributed by atoms with E-state index in [0.29, 0.717) is 39.4 Å². The molecule has 184 valence electrons. The molecule has 0 aromatic heterocycles. The number of rotatable bonds is 0. The van der Waals surface area contributed by atoms with Gasteiger partial charge in [-0.05, 0) is 121 Å². The summed E-state index contributed by atoms with van der Waals surface area (Å²) < 4.78 is 0. The van der Waals surface area contributed by atoms with Gasteiger partial charge in [0.05, 0.1) is 6.10 Å². The highest BCUT2D eigenvalue weighted by Crippen LogP contribution is 2.77. The first-order valence-electron chi connectivity index (χ1n) is 14.4. The van der Waals surface area contributed by atoms with E-state index in [1.54, 1.807) is 0 Å². The Balaban J connectivity index is 1.57. The predicted octanol–water partition coefficient (Wildman–Crippen LogP) is 8.35. The van der Waals surface area contributed by atoms with Gasteiger partial charge in [-0.3, -0.25) is 0 Å². The molecule has 1 nitrogen and oxygen atoms in total. The second-order valence-electron chi connectivity index (χ2n) is 15.7. The molecule has 32 heavy (non-hydrogen) atoms. The first kappa shape index (κ1) is 23.7. The van der Waals surface area contributed by atoms with E-state index >= 15 is 0 Å². The van der Waals surface area contributed by atoms with E-state index in [0.717, 1.165) is 23.7 Å². The lowest BCUT2D eigenvalue weighted by atomic mass is 9.30. The highest BCUT2D eigenvalue weighted by molar-refractivity contribution is 5.19. The lowest BCUT2D eigenvalue weighted by Gasteiger charge is -2.74. The Kier molecular flexibility index (Phi) is 5.19. The van der Waals surface area contributed by atoms with Gasteiger partial charge < -0.3 is 5.11 Å². The van der Waals surface area contributed by atoms with Gasteiger partial charge in [0.2, 0.25) is 0 Å². The summed E-state index contributed by atoms with van der Waals surface area (Å²) in [6.07, 6.45) is 12.3. The first-order chi connectivity index (χ1) is 14.7. The lowest BCUT2D eigenvalue weighted by molar-refractivity contribution is -0.274. The summed E-state index contributed by atoms with van der Waals surface area (Å²) in [6.45, 7) is 23.2. The van der Waals surface area contributed by atoms with Gasteiger partial charge in [0.25, 0.3) is 0 Å². The van der Waals surface area contributed by atoms with Crippen LogP contribution in [0.15, 0.2) is 0 Å². The van der Waals surface area contributed by atoms with E-state index in [9.17, 15) is 5.11 Å². The Bertz CT molecular complexity index is 756. The zero-order chi connectivity index (χ0) is 23.5. The number of hydrogen-bond acceptors (Lipinski definition) is 1. The number of aliphatic hydroxyl groups is 1. The van der Waals surface area contributed by atoms with Crippen molar-refractivity contribution in [3.63, 3.8) is 0 Å². The Morgan fingerprint density at radius 2 is 1.34 bits per heavy atom. The monoisotopic (exact) mass is 442 g/mol. The minimum Gasteiger partial charge on any atom is -0.392 e. The molecule has 1 heteroatoms. The molecule has 0 spiro atoms. The number of hydrogen-bond donors (Lipinski definition) is 1. The van der Waals surface area contributed by atoms with Crippen LogP contribution in [0.5, 0.6) is 0 Å². The molecule has 0 aliphatic heterocycles. The zero-order valence-corrected chi connectivity index (χ0v) is 22.9. The summed E-state index contributed by atoms with van der Waals surface area (Å²) in [5, 5.41) is 11.8. The summed E-state index contributed by atoms with van der Waals surface area (Å²) in [4.78, 5) is 0. The third-order valence-corrected chi connectivity index (χ3v) is 14.2. The third kappa shape index (κ3) is 2.73. The average molecular weight is 443 g/mol. The van der Waals surface area contributed by atoms with Gasteiger partial charge >= 0.3 is 0 Å². The van der Waals surface area contributed by atoms with Crippen molar-refractivity contribution in [2.75, 3.05) is 0 Å². The molecule has 0 radical (unpaired) electrons. The Morgan fingerprint density at radius 1 is 0.656 bits per heavy atom. The third-order valence-electron chi connectivity index (χ3n) is 14.2. The SMILES string of the molecule is CC1CC(C)(C)[C@@H]2CC[C@]3(C)[C@H](CC[C@@H]4[C@@H]5[C@@H](C)[C@H](C)CC[C@]5(C)CC[C@]43C)[C@@]2(C)C1O. The van der Waals surface area contributed by atoms with Gasteiger partial charge in [0.1, 0.15) is 0 Å². The van der Waals surface area contributed by atoms with Crippen LogP contribution in [-0.2, 0) is 0 Å². The molecule has 0 bridgehead atoms.